The number of halogens is 1. The van der Waals surface area contributed by atoms with E-state index in [1.165, 1.54) is 19.2 Å². The van der Waals surface area contributed by atoms with E-state index in [-0.39, 0.29) is 5.75 Å². The highest BCUT2D eigenvalue weighted by Gasteiger charge is 2.15. The van der Waals surface area contributed by atoms with Crippen molar-refractivity contribution in [2.75, 3.05) is 7.11 Å². The molecule has 15 heavy (non-hydrogen) atoms. The molecule has 0 heterocycles. The number of esters is 1. The number of benzene rings is 1. The fraction of sp³-hybridized carbons (Fsp3) is 0.300. The van der Waals surface area contributed by atoms with Crippen LogP contribution in [0, 0.1) is 0 Å². The molecule has 1 N–H and O–H groups in total. The number of rotatable bonds is 3. The summed E-state index contributed by atoms with van der Waals surface area (Å²) in [5.41, 5.74) is 0. The predicted molar refractivity (Wildman–Crippen MR) is 57.9 cm³/mol. The first-order valence-corrected chi connectivity index (χ1v) is 5.06. The second-order valence-electron chi connectivity index (χ2n) is 2.93. The van der Waals surface area contributed by atoms with E-state index in [0.717, 1.165) is 0 Å². The zero-order valence-corrected chi connectivity index (χ0v) is 9.95. The summed E-state index contributed by atoms with van der Waals surface area (Å²) < 4.78 is 10.4. The minimum Gasteiger partial charge on any atom is -0.508 e. The molecule has 1 rings (SSSR count). The second-order valence-corrected chi connectivity index (χ2v) is 3.84. The van der Waals surface area contributed by atoms with E-state index in [1.807, 2.05) is 0 Å². The Bertz CT molecular complexity index is 344. The molecule has 4 nitrogen and oxygen atoms in total. The number of carbonyl (C=O) groups is 1. The number of ether oxygens (including phenoxy) is 2. The van der Waals surface area contributed by atoms with Crippen molar-refractivity contribution < 1.29 is 19.4 Å². The first-order chi connectivity index (χ1) is 7.02. The molecular weight excluding hydrogens is 264 g/mol. The van der Waals surface area contributed by atoms with Crippen LogP contribution in [0.25, 0.3) is 0 Å². The van der Waals surface area contributed by atoms with Crippen LogP contribution in [-0.2, 0) is 9.53 Å². The van der Waals surface area contributed by atoms with Crippen LogP contribution >= 0.6 is 15.9 Å². The predicted octanol–water partition coefficient (Wildman–Crippen LogP) is 2.09. The van der Waals surface area contributed by atoms with Gasteiger partial charge in [-0.1, -0.05) is 15.9 Å². The first kappa shape index (κ1) is 11.8. The van der Waals surface area contributed by atoms with Gasteiger partial charge < -0.3 is 14.6 Å². The van der Waals surface area contributed by atoms with Gasteiger partial charge in [-0.05, 0) is 19.1 Å². The quantitative estimate of drug-likeness (QED) is 0.858. The lowest BCUT2D eigenvalue weighted by atomic mass is 10.3. The maximum atomic E-state index is 11.1. The molecule has 0 amide bonds. The van der Waals surface area contributed by atoms with Gasteiger partial charge in [0.05, 0.1) is 7.11 Å². The van der Waals surface area contributed by atoms with Crippen molar-refractivity contribution in [1.82, 2.24) is 0 Å². The SMILES string of the molecule is COC(=O)[C@H](C)Oc1cc(O)cc(Br)c1. The van der Waals surface area contributed by atoms with E-state index in [2.05, 4.69) is 20.7 Å². The molecule has 0 unspecified atom stereocenters. The fourth-order valence-electron chi connectivity index (χ4n) is 1.03. The van der Waals surface area contributed by atoms with Crippen LogP contribution < -0.4 is 4.74 Å². The largest absolute Gasteiger partial charge is 0.508 e. The van der Waals surface area contributed by atoms with Gasteiger partial charge in [0.2, 0.25) is 0 Å². The molecule has 82 valence electrons. The number of hydrogen-bond acceptors (Lipinski definition) is 4. The molecule has 1 aromatic carbocycles. The van der Waals surface area contributed by atoms with Crippen molar-refractivity contribution >= 4 is 21.9 Å². The molecule has 0 aliphatic carbocycles. The van der Waals surface area contributed by atoms with E-state index in [4.69, 9.17) is 4.74 Å². The average Bonchev–Trinajstić information content (AvgIpc) is 2.14. The van der Waals surface area contributed by atoms with E-state index < -0.39 is 12.1 Å². The molecule has 0 fully saturated rings. The van der Waals surface area contributed by atoms with E-state index in [1.54, 1.807) is 13.0 Å². The number of carbonyl (C=O) groups excluding carboxylic acids is 1. The topological polar surface area (TPSA) is 55.8 Å². The van der Waals surface area contributed by atoms with Crippen molar-refractivity contribution in [1.29, 1.82) is 0 Å². The summed E-state index contributed by atoms with van der Waals surface area (Å²) >= 11 is 3.20. The Balaban J connectivity index is 2.76. The van der Waals surface area contributed by atoms with Crippen LogP contribution in [-0.4, -0.2) is 24.3 Å². The lowest BCUT2D eigenvalue weighted by molar-refractivity contribution is -0.147. The lowest BCUT2D eigenvalue weighted by Crippen LogP contribution is -2.24. The molecule has 0 aromatic heterocycles. The van der Waals surface area contributed by atoms with Crippen LogP contribution in [0.4, 0.5) is 0 Å². The molecule has 0 saturated carbocycles. The molecule has 0 aliphatic rings. The zero-order chi connectivity index (χ0) is 11.4. The van der Waals surface area contributed by atoms with Crippen molar-refractivity contribution in [2.45, 2.75) is 13.0 Å². The molecule has 5 heteroatoms. The molecule has 0 aliphatic heterocycles. The van der Waals surface area contributed by atoms with Gasteiger partial charge in [-0.2, -0.15) is 0 Å². The third-order valence-corrected chi connectivity index (χ3v) is 2.16. The summed E-state index contributed by atoms with van der Waals surface area (Å²) in [7, 11) is 1.29. The number of phenolic OH excluding ortho intramolecular Hbond substituents is 1. The molecule has 0 bridgehead atoms. The summed E-state index contributed by atoms with van der Waals surface area (Å²) in [4.78, 5) is 11.1. The number of aromatic hydroxyl groups is 1. The Morgan fingerprint density at radius 1 is 1.47 bits per heavy atom. The monoisotopic (exact) mass is 274 g/mol. The number of methoxy groups -OCH3 is 1. The Kier molecular flexibility index (Phi) is 3.96. The van der Waals surface area contributed by atoms with Gasteiger partial charge in [0.1, 0.15) is 11.5 Å². The summed E-state index contributed by atoms with van der Waals surface area (Å²) in [6, 6.07) is 4.60. The van der Waals surface area contributed by atoms with Crippen LogP contribution in [0.1, 0.15) is 6.92 Å². The van der Waals surface area contributed by atoms with Gasteiger partial charge >= 0.3 is 5.97 Å². The Hall–Kier alpha value is -1.23. The summed E-state index contributed by atoms with van der Waals surface area (Å²) in [5.74, 6) is 0.00526. The highest BCUT2D eigenvalue weighted by Crippen LogP contribution is 2.26. The summed E-state index contributed by atoms with van der Waals surface area (Å²) in [5, 5.41) is 9.28. The minimum atomic E-state index is -0.705. The molecule has 0 spiro atoms. The van der Waals surface area contributed by atoms with Crippen LogP contribution in [0.5, 0.6) is 11.5 Å². The van der Waals surface area contributed by atoms with Crippen LogP contribution in [0.2, 0.25) is 0 Å². The normalized spacial score (nSPS) is 11.9. The van der Waals surface area contributed by atoms with Gasteiger partial charge in [0.25, 0.3) is 0 Å². The van der Waals surface area contributed by atoms with Crippen LogP contribution in [0.15, 0.2) is 22.7 Å². The standard InChI is InChI=1S/C10H11BrO4/c1-6(10(13)14-2)15-9-4-7(11)3-8(12)5-9/h3-6,12H,1-2H3/t6-/m0/s1. The maximum Gasteiger partial charge on any atom is 0.346 e. The lowest BCUT2D eigenvalue weighted by Gasteiger charge is -2.12. The Labute approximate surface area is 95.9 Å². The van der Waals surface area contributed by atoms with Crippen LogP contribution in [0.3, 0.4) is 0 Å². The van der Waals surface area contributed by atoms with Crippen molar-refractivity contribution in [3.63, 3.8) is 0 Å². The van der Waals surface area contributed by atoms with E-state index in [0.29, 0.717) is 10.2 Å². The average molecular weight is 275 g/mol. The Morgan fingerprint density at radius 3 is 2.67 bits per heavy atom. The number of phenols is 1. The fourth-order valence-corrected chi connectivity index (χ4v) is 1.49. The zero-order valence-electron chi connectivity index (χ0n) is 8.36. The highest BCUT2D eigenvalue weighted by atomic mass is 79.9. The van der Waals surface area contributed by atoms with Gasteiger partial charge in [-0.25, -0.2) is 4.79 Å². The van der Waals surface area contributed by atoms with Gasteiger partial charge in [0.15, 0.2) is 6.10 Å². The van der Waals surface area contributed by atoms with Gasteiger partial charge in [-0.15, -0.1) is 0 Å². The molecule has 1 atom stereocenters. The second kappa shape index (κ2) is 5.02. The molecule has 0 saturated heterocycles. The third-order valence-electron chi connectivity index (χ3n) is 1.70. The summed E-state index contributed by atoms with van der Waals surface area (Å²) in [6.45, 7) is 1.57. The smallest absolute Gasteiger partial charge is 0.346 e. The van der Waals surface area contributed by atoms with Gasteiger partial charge in [0, 0.05) is 10.5 Å². The molecule has 1 aromatic rings. The third kappa shape index (κ3) is 3.43. The highest BCUT2D eigenvalue weighted by molar-refractivity contribution is 9.10. The van der Waals surface area contributed by atoms with E-state index in [9.17, 15) is 9.90 Å². The van der Waals surface area contributed by atoms with Gasteiger partial charge in [-0.3, -0.25) is 0 Å². The minimum absolute atomic E-state index is 0.0661. The van der Waals surface area contributed by atoms with Crippen molar-refractivity contribution in [3.05, 3.63) is 22.7 Å². The van der Waals surface area contributed by atoms with E-state index >= 15 is 0 Å². The maximum absolute atomic E-state index is 11.1. The first-order valence-electron chi connectivity index (χ1n) is 4.27. The molecular formula is C10H11BrO4. The molecule has 0 radical (unpaired) electrons. The summed E-state index contributed by atoms with van der Waals surface area (Å²) in [6.07, 6.45) is -0.705. The van der Waals surface area contributed by atoms with Crippen molar-refractivity contribution in [3.8, 4) is 11.5 Å². The Morgan fingerprint density at radius 2 is 2.13 bits per heavy atom. The number of hydrogen-bond donors (Lipinski definition) is 1. The van der Waals surface area contributed by atoms with Crippen molar-refractivity contribution in [2.24, 2.45) is 0 Å².